The Kier molecular flexibility index (Phi) is 5.24. The van der Waals surface area contributed by atoms with Gasteiger partial charge in [0.05, 0.1) is 0 Å². The Morgan fingerprint density at radius 2 is 2.11 bits per heavy atom. The molecule has 1 aromatic rings. The van der Waals surface area contributed by atoms with Gasteiger partial charge in [-0.15, -0.1) is 6.58 Å². The topological polar surface area (TPSA) is 29.4 Å². The van der Waals surface area contributed by atoms with Gasteiger partial charge >= 0.3 is 0 Å². The van der Waals surface area contributed by atoms with Crippen molar-refractivity contribution < 1.29 is 4.79 Å². The van der Waals surface area contributed by atoms with Gasteiger partial charge in [-0.25, -0.2) is 4.99 Å². The van der Waals surface area contributed by atoms with Crippen molar-refractivity contribution in [2.45, 2.75) is 0 Å². The van der Waals surface area contributed by atoms with E-state index in [2.05, 4.69) is 11.6 Å². The SMILES string of the molecule is C=CCSC1=N/C(=C/C=C/c2ccccc2)C(=O)S1. The summed E-state index contributed by atoms with van der Waals surface area (Å²) in [5, 5.41) is 0.00396. The second kappa shape index (κ2) is 7.16. The predicted molar refractivity (Wildman–Crippen MR) is 86.2 cm³/mol. The third-order valence-corrected chi connectivity index (χ3v) is 4.27. The van der Waals surface area contributed by atoms with E-state index in [1.807, 2.05) is 42.5 Å². The number of hydrogen-bond acceptors (Lipinski definition) is 4. The first-order valence-electron chi connectivity index (χ1n) is 5.77. The van der Waals surface area contributed by atoms with Crippen LogP contribution in [0.15, 0.2) is 65.8 Å². The minimum atomic E-state index is 0.00396. The maximum Gasteiger partial charge on any atom is 0.244 e. The summed E-state index contributed by atoms with van der Waals surface area (Å²) in [6.07, 6.45) is 7.36. The molecule has 0 radical (unpaired) electrons. The van der Waals surface area contributed by atoms with Crippen LogP contribution in [0.1, 0.15) is 5.56 Å². The van der Waals surface area contributed by atoms with Crippen molar-refractivity contribution >= 4 is 39.1 Å². The summed E-state index contributed by atoms with van der Waals surface area (Å²) in [6, 6.07) is 9.95. The summed E-state index contributed by atoms with van der Waals surface area (Å²) >= 11 is 2.71. The molecule has 96 valence electrons. The maximum absolute atomic E-state index is 11.7. The molecule has 19 heavy (non-hydrogen) atoms. The molecule has 0 fully saturated rings. The van der Waals surface area contributed by atoms with Gasteiger partial charge in [0.15, 0.2) is 0 Å². The Labute approximate surface area is 121 Å². The van der Waals surface area contributed by atoms with Crippen LogP contribution in [0.2, 0.25) is 0 Å². The van der Waals surface area contributed by atoms with E-state index in [9.17, 15) is 4.79 Å². The number of nitrogens with zero attached hydrogens (tertiary/aromatic N) is 1. The molecule has 1 aromatic carbocycles. The van der Waals surface area contributed by atoms with Gasteiger partial charge in [0.25, 0.3) is 0 Å². The van der Waals surface area contributed by atoms with Gasteiger partial charge in [-0.2, -0.15) is 0 Å². The highest BCUT2D eigenvalue weighted by atomic mass is 32.2. The first-order valence-corrected chi connectivity index (χ1v) is 7.58. The zero-order valence-corrected chi connectivity index (χ0v) is 11.9. The molecule has 1 aliphatic rings. The molecule has 0 atom stereocenters. The summed E-state index contributed by atoms with van der Waals surface area (Å²) in [7, 11) is 0. The quantitative estimate of drug-likeness (QED) is 0.616. The Bertz CT molecular complexity index is 559. The van der Waals surface area contributed by atoms with Gasteiger partial charge in [0.1, 0.15) is 10.1 Å². The monoisotopic (exact) mass is 287 g/mol. The smallest absolute Gasteiger partial charge is 0.244 e. The molecule has 2 nitrogen and oxygen atoms in total. The Hall–Kier alpha value is -1.52. The number of rotatable bonds is 4. The lowest BCUT2D eigenvalue weighted by molar-refractivity contribution is -0.107. The summed E-state index contributed by atoms with van der Waals surface area (Å²) in [5.74, 6) is 0.770. The standard InChI is InChI=1S/C15H13NOS2/c1-2-11-18-15-16-13(14(17)19-15)10-6-9-12-7-4-3-5-8-12/h2-10H,1,11H2/b9-6+,13-10+. The van der Waals surface area contributed by atoms with Gasteiger partial charge in [0.2, 0.25) is 5.12 Å². The van der Waals surface area contributed by atoms with Gasteiger partial charge in [-0.1, -0.05) is 60.3 Å². The van der Waals surface area contributed by atoms with Crippen molar-refractivity contribution in [2.24, 2.45) is 4.99 Å². The predicted octanol–water partition coefficient (Wildman–Crippen LogP) is 4.13. The van der Waals surface area contributed by atoms with E-state index in [0.717, 1.165) is 15.7 Å². The normalized spacial score (nSPS) is 17.2. The van der Waals surface area contributed by atoms with Crippen LogP contribution in [0.5, 0.6) is 0 Å². The van der Waals surface area contributed by atoms with E-state index < -0.39 is 0 Å². The van der Waals surface area contributed by atoms with E-state index in [-0.39, 0.29) is 5.12 Å². The van der Waals surface area contributed by atoms with Crippen LogP contribution < -0.4 is 0 Å². The molecule has 0 saturated carbocycles. The molecule has 0 unspecified atom stereocenters. The molecule has 0 aliphatic carbocycles. The van der Waals surface area contributed by atoms with Crippen molar-refractivity contribution in [3.63, 3.8) is 0 Å². The van der Waals surface area contributed by atoms with E-state index in [1.165, 1.54) is 23.5 Å². The first kappa shape index (κ1) is 13.9. The number of carbonyl (C=O) groups excluding carboxylic acids is 1. The minimum absolute atomic E-state index is 0.00396. The third kappa shape index (κ3) is 4.26. The molecule has 2 rings (SSSR count). The Balaban J connectivity index is 2.03. The molecule has 1 aliphatic heterocycles. The second-order valence-electron chi connectivity index (χ2n) is 3.69. The highest BCUT2D eigenvalue weighted by molar-refractivity contribution is 8.45. The molecule has 0 bridgehead atoms. The van der Waals surface area contributed by atoms with Gasteiger partial charge in [0, 0.05) is 5.75 Å². The fourth-order valence-corrected chi connectivity index (χ4v) is 3.02. The molecular formula is C15H13NOS2. The Morgan fingerprint density at radius 3 is 2.84 bits per heavy atom. The number of benzene rings is 1. The number of thioether (sulfide) groups is 2. The molecule has 1 heterocycles. The van der Waals surface area contributed by atoms with Crippen LogP contribution in [0.3, 0.4) is 0 Å². The zero-order valence-electron chi connectivity index (χ0n) is 10.3. The van der Waals surface area contributed by atoms with Gasteiger partial charge < -0.3 is 0 Å². The fourth-order valence-electron chi connectivity index (χ4n) is 1.41. The van der Waals surface area contributed by atoms with Crippen LogP contribution in [0.4, 0.5) is 0 Å². The van der Waals surface area contributed by atoms with Crippen molar-refractivity contribution in [1.29, 1.82) is 0 Å². The minimum Gasteiger partial charge on any atom is -0.279 e. The van der Waals surface area contributed by atoms with Crippen molar-refractivity contribution in [3.8, 4) is 0 Å². The number of carbonyl (C=O) groups is 1. The van der Waals surface area contributed by atoms with Crippen LogP contribution in [0.25, 0.3) is 6.08 Å². The van der Waals surface area contributed by atoms with E-state index in [1.54, 1.807) is 12.2 Å². The highest BCUT2D eigenvalue weighted by Gasteiger charge is 2.21. The highest BCUT2D eigenvalue weighted by Crippen LogP contribution is 2.29. The zero-order chi connectivity index (χ0) is 13.5. The number of aliphatic imine (C=N–C) groups is 1. The summed E-state index contributed by atoms with van der Waals surface area (Å²) in [4.78, 5) is 16.0. The largest absolute Gasteiger partial charge is 0.279 e. The lowest BCUT2D eigenvalue weighted by Gasteiger charge is -1.90. The molecule has 0 amide bonds. The van der Waals surface area contributed by atoms with E-state index in [0.29, 0.717) is 5.70 Å². The molecule has 4 heteroatoms. The first-order chi connectivity index (χ1) is 9.29. The second-order valence-corrected chi connectivity index (χ2v) is 5.92. The number of allylic oxidation sites excluding steroid dienone is 2. The summed E-state index contributed by atoms with van der Waals surface area (Å²) in [5.41, 5.74) is 1.60. The Morgan fingerprint density at radius 1 is 1.32 bits per heavy atom. The van der Waals surface area contributed by atoms with Gasteiger partial charge in [-0.05, 0) is 23.4 Å². The van der Waals surface area contributed by atoms with Crippen LogP contribution in [0, 0.1) is 0 Å². The summed E-state index contributed by atoms with van der Waals surface area (Å²) in [6.45, 7) is 3.65. The van der Waals surface area contributed by atoms with E-state index in [4.69, 9.17) is 0 Å². The average molecular weight is 287 g/mol. The third-order valence-electron chi connectivity index (χ3n) is 2.27. The number of hydrogen-bond donors (Lipinski definition) is 0. The van der Waals surface area contributed by atoms with Crippen LogP contribution in [-0.2, 0) is 4.79 Å². The maximum atomic E-state index is 11.7. The molecule has 0 saturated heterocycles. The van der Waals surface area contributed by atoms with Crippen molar-refractivity contribution in [1.82, 2.24) is 0 Å². The van der Waals surface area contributed by atoms with E-state index >= 15 is 0 Å². The molecular weight excluding hydrogens is 274 g/mol. The molecule has 0 N–H and O–H groups in total. The lowest BCUT2D eigenvalue weighted by atomic mass is 10.2. The lowest BCUT2D eigenvalue weighted by Crippen LogP contribution is -1.87. The van der Waals surface area contributed by atoms with Crippen molar-refractivity contribution in [2.75, 3.05) is 5.75 Å². The summed E-state index contributed by atoms with van der Waals surface area (Å²) < 4.78 is 0.796. The van der Waals surface area contributed by atoms with Crippen LogP contribution >= 0.6 is 23.5 Å². The van der Waals surface area contributed by atoms with Crippen molar-refractivity contribution in [3.05, 3.63) is 66.4 Å². The van der Waals surface area contributed by atoms with Crippen LogP contribution in [-0.4, -0.2) is 15.2 Å². The fraction of sp³-hybridized carbons (Fsp3) is 0.0667. The molecule has 0 spiro atoms. The average Bonchev–Trinajstić information content (AvgIpc) is 2.78. The molecule has 0 aromatic heterocycles. The van der Waals surface area contributed by atoms with Gasteiger partial charge in [-0.3, -0.25) is 4.79 Å².